The molecule has 11 nitrogen and oxygen atoms in total. The molecule has 0 radical (unpaired) electrons. The zero-order valence-corrected chi connectivity index (χ0v) is 22.3. The number of aromatic nitrogens is 2. The van der Waals surface area contributed by atoms with Crippen LogP contribution >= 0.6 is 0 Å². The first-order valence-electron chi connectivity index (χ1n) is 12.0. The van der Waals surface area contributed by atoms with Crippen molar-refractivity contribution >= 4 is 23.6 Å². The van der Waals surface area contributed by atoms with Gasteiger partial charge < -0.3 is 23.8 Å². The topological polar surface area (TPSA) is 127 Å². The highest BCUT2D eigenvalue weighted by Gasteiger charge is 2.31. The van der Waals surface area contributed by atoms with Crippen LogP contribution < -0.4 is 15.0 Å². The molecule has 0 fully saturated rings. The number of benzene rings is 3. The van der Waals surface area contributed by atoms with Crippen molar-refractivity contribution in [2.75, 3.05) is 33.4 Å². The molecule has 0 unspecified atom stereocenters. The number of nitrogens with one attached hydrogen (secondary N) is 1. The Hall–Kier alpha value is -5.32. The van der Waals surface area contributed by atoms with Gasteiger partial charge in [0, 0.05) is 5.56 Å². The van der Waals surface area contributed by atoms with Gasteiger partial charge in [0.2, 0.25) is 0 Å². The highest BCUT2D eigenvalue weighted by molar-refractivity contribution is 6.07. The third kappa shape index (κ3) is 6.04. The van der Waals surface area contributed by atoms with Crippen LogP contribution in [-0.4, -0.2) is 55.6 Å². The summed E-state index contributed by atoms with van der Waals surface area (Å²) >= 11 is 0. The maximum atomic E-state index is 12.9. The second kappa shape index (κ2) is 12.5. The lowest BCUT2D eigenvalue weighted by Gasteiger charge is -2.12. The average Bonchev–Trinajstić information content (AvgIpc) is 3.40. The largest absolute Gasteiger partial charge is 0.493 e. The molecule has 11 heteroatoms. The Kier molecular flexibility index (Phi) is 8.65. The molecule has 0 atom stereocenters. The zero-order chi connectivity index (χ0) is 28.6. The summed E-state index contributed by atoms with van der Waals surface area (Å²) < 4.78 is 22.3. The number of hydrogen-bond acceptors (Lipinski definition) is 10. The first kappa shape index (κ1) is 27.7. The Balaban J connectivity index is 1.62. The van der Waals surface area contributed by atoms with Gasteiger partial charge in [-0.1, -0.05) is 35.9 Å². The van der Waals surface area contributed by atoms with Gasteiger partial charge >= 0.3 is 17.9 Å². The summed E-state index contributed by atoms with van der Waals surface area (Å²) in [6, 6.07) is 20.8. The second-order valence-electron chi connectivity index (χ2n) is 8.40. The van der Waals surface area contributed by atoms with E-state index in [-0.39, 0.29) is 28.5 Å². The van der Waals surface area contributed by atoms with Crippen molar-refractivity contribution in [2.45, 2.75) is 6.92 Å². The fraction of sp³-hybridized carbons (Fsp3) is 0.172. The minimum atomic E-state index is -0.777. The molecule has 0 amide bonds. The van der Waals surface area contributed by atoms with Gasteiger partial charge in [0.1, 0.15) is 11.3 Å². The number of anilines is 1. The highest BCUT2D eigenvalue weighted by atomic mass is 16.7. The lowest BCUT2D eigenvalue weighted by molar-refractivity contribution is -0.143. The summed E-state index contributed by atoms with van der Waals surface area (Å²) in [5.74, 6) is -1.72. The predicted octanol–water partition coefficient (Wildman–Crippen LogP) is 4.38. The molecule has 3 aromatic carbocycles. The van der Waals surface area contributed by atoms with Crippen molar-refractivity contribution in [3.05, 3.63) is 89.6 Å². The van der Waals surface area contributed by atoms with Gasteiger partial charge in [-0.25, -0.2) is 24.5 Å². The maximum Gasteiger partial charge on any atom is 0.369 e. The van der Waals surface area contributed by atoms with E-state index < -0.39 is 24.5 Å². The molecule has 1 aromatic heterocycles. The predicted molar refractivity (Wildman–Crippen MR) is 145 cm³/mol. The van der Waals surface area contributed by atoms with Crippen LogP contribution in [0.4, 0.5) is 5.69 Å². The molecule has 0 aliphatic carbocycles. The normalized spacial score (nSPS) is 10.4. The number of nitrogens with zero attached hydrogens (tertiary/aromatic N) is 2. The van der Waals surface area contributed by atoms with Crippen molar-refractivity contribution in [1.29, 1.82) is 0 Å². The molecule has 0 saturated heterocycles. The first-order valence-corrected chi connectivity index (χ1v) is 12.0. The Morgan fingerprint density at radius 2 is 1.55 bits per heavy atom. The van der Waals surface area contributed by atoms with Crippen molar-refractivity contribution < 1.29 is 38.2 Å². The molecule has 1 N–H and O–H groups in total. The van der Waals surface area contributed by atoms with Crippen LogP contribution in [0.2, 0.25) is 0 Å². The first-order chi connectivity index (χ1) is 19.4. The number of rotatable bonds is 10. The number of para-hydroxylation sites is 1. The second-order valence-corrected chi connectivity index (χ2v) is 8.40. The Morgan fingerprint density at radius 1 is 0.850 bits per heavy atom. The van der Waals surface area contributed by atoms with Gasteiger partial charge in [-0.05, 0) is 49.4 Å². The van der Waals surface area contributed by atoms with E-state index in [1.54, 1.807) is 54.6 Å². The summed E-state index contributed by atoms with van der Waals surface area (Å²) in [5.41, 5.74) is 5.19. The summed E-state index contributed by atoms with van der Waals surface area (Å²) in [7, 11) is 3.84. The van der Waals surface area contributed by atoms with Crippen LogP contribution in [-0.2, 0) is 19.1 Å². The average molecular weight is 546 g/mol. The molecule has 206 valence electrons. The van der Waals surface area contributed by atoms with Crippen molar-refractivity contribution in [1.82, 2.24) is 9.78 Å². The number of carbonyl (C=O) groups is 3. The minimum Gasteiger partial charge on any atom is -0.493 e. The number of esters is 2. The Morgan fingerprint density at radius 3 is 2.20 bits per heavy atom. The SMILES string of the molecule is COC(=O)c1c(-c2ccc(OCC(=O)ONc3ccc(C)cc3)c(OC)c2)nn(-c2ccccc2)c1C(=O)OC. The molecule has 1 heterocycles. The molecule has 0 saturated carbocycles. The van der Waals surface area contributed by atoms with E-state index in [0.717, 1.165) is 5.56 Å². The molecule has 0 bridgehead atoms. The Bertz CT molecular complexity index is 1510. The third-order valence-electron chi connectivity index (χ3n) is 5.77. The van der Waals surface area contributed by atoms with Gasteiger partial charge in [-0.3, -0.25) is 0 Å². The van der Waals surface area contributed by atoms with Gasteiger partial charge in [-0.2, -0.15) is 5.10 Å². The third-order valence-corrected chi connectivity index (χ3v) is 5.77. The van der Waals surface area contributed by atoms with Crippen molar-refractivity contribution in [2.24, 2.45) is 0 Å². The number of hydrogen-bond donors (Lipinski definition) is 1. The van der Waals surface area contributed by atoms with E-state index in [9.17, 15) is 14.4 Å². The van der Waals surface area contributed by atoms with E-state index in [4.69, 9.17) is 23.8 Å². The fourth-order valence-electron chi connectivity index (χ4n) is 3.79. The molecule has 0 spiro atoms. The fourth-order valence-corrected chi connectivity index (χ4v) is 3.79. The number of methoxy groups -OCH3 is 3. The number of ether oxygens (including phenoxy) is 4. The van der Waals surface area contributed by atoms with Crippen LogP contribution in [0.5, 0.6) is 11.5 Å². The quantitative estimate of drug-likeness (QED) is 0.174. The van der Waals surface area contributed by atoms with E-state index in [2.05, 4.69) is 10.6 Å². The van der Waals surface area contributed by atoms with Crippen molar-refractivity contribution in [3.63, 3.8) is 0 Å². The van der Waals surface area contributed by atoms with Crippen LogP contribution in [0.3, 0.4) is 0 Å². The molecule has 4 rings (SSSR count). The lowest BCUT2D eigenvalue weighted by Crippen LogP contribution is -2.18. The summed E-state index contributed by atoms with van der Waals surface area (Å²) in [4.78, 5) is 42.9. The minimum absolute atomic E-state index is 0.0836. The molecular formula is C29H27N3O8. The molecule has 0 aliphatic rings. The van der Waals surface area contributed by atoms with Gasteiger partial charge in [0.25, 0.3) is 0 Å². The molecular weight excluding hydrogens is 518 g/mol. The lowest BCUT2D eigenvalue weighted by atomic mass is 10.0. The van der Waals surface area contributed by atoms with E-state index in [0.29, 0.717) is 16.9 Å². The Labute approximate surface area is 230 Å². The van der Waals surface area contributed by atoms with Crippen LogP contribution in [0.1, 0.15) is 26.4 Å². The standard InChI is InChI=1S/C29H27N3O8/c1-18-10-13-20(14-11-18)31-40-24(33)17-39-22-15-12-19(16-23(22)36-2)26-25(28(34)37-3)27(29(35)38-4)32(30-26)21-8-6-5-7-9-21/h5-16,31H,17H2,1-4H3. The van der Waals surface area contributed by atoms with E-state index in [1.807, 2.05) is 25.1 Å². The van der Waals surface area contributed by atoms with Crippen LogP contribution in [0, 0.1) is 6.92 Å². The van der Waals surface area contributed by atoms with Gasteiger partial charge in [0.05, 0.1) is 32.7 Å². The van der Waals surface area contributed by atoms with E-state index >= 15 is 0 Å². The van der Waals surface area contributed by atoms with Gasteiger partial charge in [-0.15, -0.1) is 0 Å². The monoisotopic (exact) mass is 545 g/mol. The van der Waals surface area contributed by atoms with Gasteiger partial charge in [0.15, 0.2) is 23.8 Å². The number of carbonyl (C=O) groups excluding carboxylic acids is 3. The smallest absolute Gasteiger partial charge is 0.369 e. The summed E-state index contributed by atoms with van der Waals surface area (Å²) in [6.45, 7) is 1.54. The number of aryl methyl sites for hydroxylation is 1. The van der Waals surface area contributed by atoms with E-state index in [1.165, 1.54) is 26.0 Å². The maximum absolute atomic E-state index is 12.9. The summed E-state index contributed by atoms with van der Waals surface area (Å²) in [6.07, 6.45) is 0. The van der Waals surface area contributed by atoms with Crippen LogP contribution in [0.15, 0.2) is 72.8 Å². The molecule has 0 aliphatic heterocycles. The highest BCUT2D eigenvalue weighted by Crippen LogP contribution is 2.35. The summed E-state index contributed by atoms with van der Waals surface area (Å²) in [5, 5.41) is 4.56. The molecule has 4 aromatic rings. The molecule has 40 heavy (non-hydrogen) atoms. The van der Waals surface area contributed by atoms with Crippen LogP contribution in [0.25, 0.3) is 16.9 Å². The zero-order valence-electron chi connectivity index (χ0n) is 22.3. The van der Waals surface area contributed by atoms with Crippen molar-refractivity contribution in [3.8, 4) is 28.4 Å².